The first-order valence-corrected chi connectivity index (χ1v) is 22.6. The summed E-state index contributed by atoms with van der Waals surface area (Å²) in [6.45, 7) is 28.4. The van der Waals surface area contributed by atoms with Gasteiger partial charge in [0.05, 0.1) is 111 Å². The van der Waals surface area contributed by atoms with Crippen LogP contribution in [-0.2, 0) is 114 Å². The van der Waals surface area contributed by atoms with Crippen LogP contribution in [0.5, 0.6) is 0 Å². The lowest BCUT2D eigenvalue weighted by Crippen LogP contribution is -2.43. The Morgan fingerprint density at radius 3 is 0.554 bits per heavy atom. The highest BCUT2D eigenvalue weighted by Gasteiger charge is 2.37. The van der Waals surface area contributed by atoms with E-state index in [0.717, 1.165) is 48.6 Å². The van der Waals surface area contributed by atoms with Crippen LogP contribution < -0.4 is 0 Å². The van der Waals surface area contributed by atoms with Crippen LogP contribution in [0.4, 0.5) is 0 Å². The monoisotopic (exact) mass is 1060 g/mol. The van der Waals surface area contributed by atoms with Gasteiger partial charge in [0.25, 0.3) is 0 Å². The van der Waals surface area contributed by atoms with Crippen molar-refractivity contribution in [3.63, 3.8) is 0 Å². The fourth-order valence-corrected chi connectivity index (χ4v) is 4.71. The molecule has 24 heteroatoms. The van der Waals surface area contributed by atoms with Crippen LogP contribution in [0.3, 0.4) is 0 Å². The summed E-state index contributed by atoms with van der Waals surface area (Å²) < 4.78 is 84.8. The highest BCUT2D eigenvalue weighted by molar-refractivity contribution is 5.83. The molecule has 0 fully saturated rings. The quantitative estimate of drug-likeness (QED) is 0.0364. The van der Waals surface area contributed by atoms with E-state index in [0.29, 0.717) is 0 Å². The largest absolute Gasteiger partial charge is 0.462 e. The average molecular weight is 1060 g/mol. The fourth-order valence-electron chi connectivity index (χ4n) is 4.71. The number of hydrogen-bond acceptors (Lipinski definition) is 24. The Labute approximate surface area is 431 Å². The van der Waals surface area contributed by atoms with Crippen molar-refractivity contribution in [2.45, 2.75) is 0 Å². The number of esters is 8. The average Bonchev–Trinajstić information content (AvgIpc) is 3.42. The van der Waals surface area contributed by atoms with Gasteiger partial charge >= 0.3 is 47.8 Å². The van der Waals surface area contributed by atoms with Crippen molar-refractivity contribution in [2.24, 2.45) is 10.8 Å². The van der Waals surface area contributed by atoms with Crippen molar-refractivity contribution in [3.8, 4) is 0 Å². The smallest absolute Gasteiger partial charge is 0.330 e. The van der Waals surface area contributed by atoms with Crippen molar-refractivity contribution in [2.75, 3.05) is 159 Å². The molecule has 0 aromatic carbocycles. The number of carbonyl (C=O) groups is 8. The summed E-state index contributed by atoms with van der Waals surface area (Å²) in [7, 11) is 0. The molecule has 0 aliphatic rings. The third kappa shape index (κ3) is 40.9. The van der Waals surface area contributed by atoms with E-state index in [1.54, 1.807) is 0 Å². The molecule has 0 spiro atoms. The van der Waals surface area contributed by atoms with Crippen LogP contribution in [0.2, 0.25) is 0 Å². The zero-order valence-electron chi connectivity index (χ0n) is 42.0. The molecule has 0 saturated carbocycles. The minimum Gasteiger partial charge on any atom is -0.462 e. The first-order valence-electron chi connectivity index (χ1n) is 22.6. The van der Waals surface area contributed by atoms with Gasteiger partial charge in [0.15, 0.2) is 0 Å². The summed E-state index contributed by atoms with van der Waals surface area (Å²) in [5, 5.41) is 0. The fraction of sp³-hybridized carbons (Fsp3) is 0.520. The first-order chi connectivity index (χ1) is 35.6. The van der Waals surface area contributed by atoms with E-state index in [4.69, 9.17) is 75.8 Å². The molecular weight excluding hydrogens is 985 g/mol. The van der Waals surface area contributed by atoms with Gasteiger partial charge in [0.2, 0.25) is 0 Å². The van der Waals surface area contributed by atoms with Crippen molar-refractivity contribution >= 4 is 47.8 Å². The van der Waals surface area contributed by atoms with Gasteiger partial charge in [-0.1, -0.05) is 52.6 Å². The van der Waals surface area contributed by atoms with Crippen LogP contribution in [0.1, 0.15) is 0 Å². The van der Waals surface area contributed by atoms with Gasteiger partial charge < -0.3 is 75.8 Å². The highest BCUT2D eigenvalue weighted by atomic mass is 16.6. The van der Waals surface area contributed by atoms with Crippen LogP contribution in [0.25, 0.3) is 0 Å². The molecule has 416 valence electrons. The number of hydrogen-bond donors (Lipinski definition) is 0. The molecule has 0 aliphatic heterocycles. The molecule has 0 aromatic rings. The molecule has 0 amide bonds. The second-order valence-electron chi connectivity index (χ2n) is 14.4. The van der Waals surface area contributed by atoms with E-state index in [1.165, 1.54) is 0 Å². The number of ether oxygens (including phenoxy) is 16. The molecule has 24 nitrogen and oxygen atoms in total. The third-order valence-corrected chi connectivity index (χ3v) is 8.42. The molecule has 0 unspecified atom stereocenters. The SMILES string of the molecule is C=CC(=O)OCC(COC(=O)C=C)(COC(=O)C=C)COC(=O)C=C.C=CC(=O)OCCOCCOCC(COCCOCCOC(=O)C=C)(COCCOCCOC(=O)C=C)COCCOCCOC(=O)C=C. The normalized spacial score (nSPS) is 10.6. The lowest BCUT2D eigenvalue weighted by molar-refractivity contribution is -0.164. The summed E-state index contributed by atoms with van der Waals surface area (Å²) in [6, 6.07) is 0. The molecule has 0 saturated heterocycles. The number of carbonyl (C=O) groups excluding carboxylic acids is 8. The Morgan fingerprint density at radius 2 is 0.365 bits per heavy atom. The van der Waals surface area contributed by atoms with Gasteiger partial charge in [-0.2, -0.15) is 0 Å². The molecule has 0 aliphatic carbocycles. The molecule has 0 bridgehead atoms. The Morgan fingerprint density at radius 1 is 0.216 bits per heavy atom. The Kier molecular flexibility index (Phi) is 44.4. The standard InChI is InChI=1S/C33H52O16.C17H20O8/c1-5-29(34)46-21-17-38-9-13-42-25-33(26-43-14-10-39-18-22-47-30(35)6-2,27-44-15-11-40-19-23-48-31(36)7-3)28-45-16-12-41-20-24-49-32(37)8-4;1-5-13(18)22-9-17(10-23-14(19)6-2,11-24-15(20)7-3)12-25-16(21)8-4/h5-8H,1-4,9-28H2;5-8H,1-4,9-12H2. The second-order valence-corrected chi connectivity index (χ2v) is 14.4. The van der Waals surface area contributed by atoms with Crippen LogP contribution in [0.15, 0.2) is 101 Å². The molecule has 0 N–H and O–H groups in total. The van der Waals surface area contributed by atoms with E-state index in [1.807, 2.05) is 0 Å². The zero-order chi connectivity index (χ0) is 55.6. The summed E-state index contributed by atoms with van der Waals surface area (Å²) >= 11 is 0. The predicted molar refractivity (Wildman–Crippen MR) is 261 cm³/mol. The van der Waals surface area contributed by atoms with E-state index in [2.05, 4.69) is 52.6 Å². The van der Waals surface area contributed by atoms with Gasteiger partial charge in [0, 0.05) is 48.6 Å². The first kappa shape index (κ1) is 69.4. The summed E-state index contributed by atoms with van der Waals surface area (Å²) in [5.41, 5.74) is -2.12. The van der Waals surface area contributed by atoms with Gasteiger partial charge in [-0.05, 0) is 0 Å². The molecule has 0 aromatic heterocycles. The predicted octanol–water partition coefficient (Wildman–Crippen LogP) is 1.91. The lowest BCUT2D eigenvalue weighted by atomic mass is 9.92. The Hall–Kier alpha value is -6.64. The van der Waals surface area contributed by atoms with Crippen LogP contribution in [-0.4, -0.2) is 206 Å². The molecular formula is C50H72O24. The maximum Gasteiger partial charge on any atom is 0.330 e. The minimum absolute atomic E-state index is 0.0839. The lowest BCUT2D eigenvalue weighted by Gasteiger charge is -2.33. The minimum atomic E-state index is -1.34. The molecule has 0 heterocycles. The van der Waals surface area contributed by atoms with Gasteiger partial charge in [-0.25, -0.2) is 38.4 Å². The van der Waals surface area contributed by atoms with Crippen molar-refractivity contribution < 1.29 is 114 Å². The molecule has 0 atom stereocenters. The molecule has 0 rings (SSSR count). The van der Waals surface area contributed by atoms with Gasteiger partial charge in [-0.3, -0.25) is 0 Å². The van der Waals surface area contributed by atoms with E-state index in [9.17, 15) is 38.4 Å². The summed E-state index contributed by atoms with van der Waals surface area (Å²) in [4.78, 5) is 89.9. The maximum absolute atomic E-state index is 11.3. The summed E-state index contributed by atoms with van der Waals surface area (Å²) in [6.07, 6.45) is 7.98. The van der Waals surface area contributed by atoms with Crippen molar-refractivity contribution in [3.05, 3.63) is 101 Å². The van der Waals surface area contributed by atoms with Crippen LogP contribution >= 0.6 is 0 Å². The number of rotatable bonds is 48. The third-order valence-electron chi connectivity index (χ3n) is 8.42. The topological polar surface area (TPSA) is 284 Å². The molecule has 0 radical (unpaired) electrons. The van der Waals surface area contributed by atoms with E-state index >= 15 is 0 Å². The highest BCUT2D eigenvalue weighted by Crippen LogP contribution is 2.23. The summed E-state index contributed by atoms with van der Waals surface area (Å²) in [5.74, 6) is -5.17. The second kappa shape index (κ2) is 47.4. The van der Waals surface area contributed by atoms with E-state index < -0.39 is 58.6 Å². The van der Waals surface area contributed by atoms with Gasteiger partial charge in [-0.15, -0.1) is 0 Å². The maximum atomic E-state index is 11.3. The van der Waals surface area contributed by atoms with Crippen molar-refractivity contribution in [1.82, 2.24) is 0 Å². The Balaban J connectivity index is 0. The van der Waals surface area contributed by atoms with Crippen molar-refractivity contribution in [1.29, 1.82) is 0 Å². The van der Waals surface area contributed by atoms with E-state index in [-0.39, 0.29) is 159 Å². The van der Waals surface area contributed by atoms with Crippen LogP contribution in [0, 0.1) is 10.8 Å². The molecule has 74 heavy (non-hydrogen) atoms. The zero-order valence-corrected chi connectivity index (χ0v) is 42.0. The Bertz CT molecular complexity index is 1490. The van der Waals surface area contributed by atoms with Gasteiger partial charge in [0.1, 0.15) is 58.3 Å².